The summed E-state index contributed by atoms with van der Waals surface area (Å²) in [5, 5.41) is 10.3. The third-order valence-electron chi connectivity index (χ3n) is 3.13. The fraction of sp³-hybridized carbons (Fsp3) is 0.538. The summed E-state index contributed by atoms with van der Waals surface area (Å²) in [4.78, 5) is 21.0. The number of amides is 1. The van der Waals surface area contributed by atoms with Crippen molar-refractivity contribution in [2.24, 2.45) is 0 Å². The zero-order valence-corrected chi connectivity index (χ0v) is 12.5. The van der Waals surface area contributed by atoms with Gasteiger partial charge in [0.25, 0.3) is 0 Å². The van der Waals surface area contributed by atoms with Gasteiger partial charge in [-0.05, 0) is 20.8 Å². The van der Waals surface area contributed by atoms with Crippen molar-refractivity contribution in [1.82, 2.24) is 14.9 Å². The van der Waals surface area contributed by atoms with Crippen molar-refractivity contribution < 1.29 is 14.6 Å². The molecular weight excluding hydrogens is 278 g/mol. The Bertz CT molecular complexity index is 655. The third-order valence-corrected chi connectivity index (χ3v) is 3.99. The number of hydrogen-bond acceptors (Lipinski definition) is 5. The topological polar surface area (TPSA) is 78.5 Å². The Kier molecular flexibility index (Phi) is 2.98. The molecule has 1 atom stereocenters. The molecule has 2 aromatic rings. The number of nitrogens with one attached hydrogen (secondary N) is 1. The Morgan fingerprint density at radius 2 is 2.35 bits per heavy atom. The molecule has 3 heterocycles. The summed E-state index contributed by atoms with van der Waals surface area (Å²) in [5.74, 6) is 0. The average Bonchev–Trinajstić information content (AvgIpc) is 2.85. The Labute approximate surface area is 120 Å². The maximum absolute atomic E-state index is 12.1. The van der Waals surface area contributed by atoms with Crippen LogP contribution in [0.5, 0.6) is 0 Å². The van der Waals surface area contributed by atoms with E-state index < -0.39 is 17.8 Å². The second kappa shape index (κ2) is 4.46. The average molecular weight is 295 g/mol. The van der Waals surface area contributed by atoms with Gasteiger partial charge in [0.1, 0.15) is 11.2 Å². The first-order chi connectivity index (χ1) is 9.35. The molecule has 6 nitrogen and oxygen atoms in total. The highest BCUT2D eigenvalue weighted by molar-refractivity contribution is 7.16. The maximum atomic E-state index is 12.1. The number of aliphatic hydroxyl groups is 1. The number of H-pyrrole nitrogens is 1. The van der Waals surface area contributed by atoms with Gasteiger partial charge in [0.2, 0.25) is 0 Å². The van der Waals surface area contributed by atoms with Gasteiger partial charge in [0.15, 0.2) is 0 Å². The number of aliphatic hydroxyl groups excluding tert-OH is 1. The van der Waals surface area contributed by atoms with Gasteiger partial charge in [-0.1, -0.05) is 0 Å². The van der Waals surface area contributed by atoms with Crippen LogP contribution >= 0.6 is 11.3 Å². The number of hydrogen-bond donors (Lipinski definition) is 2. The summed E-state index contributed by atoms with van der Waals surface area (Å²) in [6.07, 6.45) is -1.12. The molecule has 3 rings (SSSR count). The molecule has 0 aliphatic carbocycles. The molecule has 0 aromatic carbocycles. The van der Waals surface area contributed by atoms with Gasteiger partial charge >= 0.3 is 6.09 Å². The molecule has 0 saturated carbocycles. The first kappa shape index (κ1) is 13.4. The minimum Gasteiger partial charge on any atom is -0.444 e. The van der Waals surface area contributed by atoms with E-state index in [9.17, 15) is 9.90 Å². The van der Waals surface area contributed by atoms with Crippen molar-refractivity contribution in [2.45, 2.75) is 39.0 Å². The molecule has 0 spiro atoms. The van der Waals surface area contributed by atoms with E-state index in [4.69, 9.17) is 4.74 Å². The lowest BCUT2D eigenvalue weighted by Crippen LogP contribution is -2.41. The van der Waals surface area contributed by atoms with E-state index in [1.165, 1.54) is 16.2 Å². The minimum atomic E-state index is -0.708. The summed E-state index contributed by atoms with van der Waals surface area (Å²) in [5.41, 5.74) is 3.67. The van der Waals surface area contributed by atoms with Crippen molar-refractivity contribution in [2.75, 3.05) is 6.54 Å². The predicted molar refractivity (Wildman–Crippen MR) is 75.6 cm³/mol. The van der Waals surface area contributed by atoms with Gasteiger partial charge in [-0.3, -0.25) is 4.90 Å². The van der Waals surface area contributed by atoms with E-state index in [1.54, 1.807) is 5.51 Å². The number of β-amino-alcohol motifs (C(OH)–C–C–N with tert-alkyl or cyclic N) is 1. The van der Waals surface area contributed by atoms with E-state index in [0.29, 0.717) is 6.54 Å². The molecule has 0 fully saturated rings. The van der Waals surface area contributed by atoms with E-state index in [-0.39, 0.29) is 6.54 Å². The van der Waals surface area contributed by atoms with Gasteiger partial charge < -0.3 is 14.8 Å². The van der Waals surface area contributed by atoms with Gasteiger partial charge in [-0.2, -0.15) is 0 Å². The van der Waals surface area contributed by atoms with Crippen LogP contribution < -0.4 is 0 Å². The molecule has 2 N–H and O–H groups in total. The van der Waals surface area contributed by atoms with Crippen molar-refractivity contribution in [3.8, 4) is 0 Å². The lowest BCUT2D eigenvalue weighted by atomic mass is 10.1. The molecule has 7 heteroatoms. The molecule has 1 unspecified atom stereocenters. The number of thiazole rings is 1. The first-order valence-corrected chi connectivity index (χ1v) is 7.33. The quantitative estimate of drug-likeness (QED) is 0.782. The monoisotopic (exact) mass is 295 g/mol. The lowest BCUT2D eigenvalue weighted by molar-refractivity contribution is 0.00819. The molecule has 20 heavy (non-hydrogen) atoms. The van der Waals surface area contributed by atoms with Crippen molar-refractivity contribution in [3.05, 3.63) is 16.8 Å². The number of nitrogens with zero attached hydrogens (tertiary/aromatic N) is 2. The summed E-state index contributed by atoms with van der Waals surface area (Å²) in [7, 11) is 0. The Morgan fingerprint density at radius 1 is 1.60 bits per heavy atom. The van der Waals surface area contributed by atoms with Crippen LogP contribution in [0.25, 0.3) is 10.3 Å². The van der Waals surface area contributed by atoms with Crippen LogP contribution in [0.1, 0.15) is 38.1 Å². The molecule has 1 aliphatic heterocycles. The molecular formula is C13H17N3O3S. The number of aromatic nitrogens is 2. The molecule has 0 radical (unpaired) electrons. The van der Waals surface area contributed by atoms with Crippen molar-refractivity contribution in [1.29, 1.82) is 0 Å². The van der Waals surface area contributed by atoms with E-state index in [1.807, 2.05) is 20.8 Å². The molecule has 0 bridgehead atoms. The van der Waals surface area contributed by atoms with Crippen LogP contribution in [-0.4, -0.2) is 38.2 Å². The smallest absolute Gasteiger partial charge is 0.410 e. The fourth-order valence-electron chi connectivity index (χ4n) is 2.37. The normalized spacial score (nSPS) is 19.2. The van der Waals surface area contributed by atoms with E-state index in [2.05, 4.69) is 9.97 Å². The second-order valence-corrected chi connectivity index (χ2v) is 6.78. The largest absolute Gasteiger partial charge is 0.444 e. The lowest BCUT2D eigenvalue weighted by Gasteiger charge is -2.32. The number of aromatic amines is 1. The highest BCUT2D eigenvalue weighted by Crippen LogP contribution is 2.35. The van der Waals surface area contributed by atoms with Crippen LogP contribution in [0, 0.1) is 0 Å². The Hall–Kier alpha value is -1.60. The van der Waals surface area contributed by atoms with Crippen LogP contribution in [0.3, 0.4) is 0 Å². The number of carbonyl (C=O) groups is 1. The zero-order valence-electron chi connectivity index (χ0n) is 11.6. The van der Waals surface area contributed by atoms with Gasteiger partial charge in [0, 0.05) is 11.3 Å². The number of ether oxygens (including phenoxy) is 1. The van der Waals surface area contributed by atoms with Gasteiger partial charge in [-0.25, -0.2) is 9.78 Å². The second-order valence-electron chi connectivity index (χ2n) is 5.92. The predicted octanol–water partition coefficient (Wildman–Crippen LogP) is 2.41. The van der Waals surface area contributed by atoms with E-state index in [0.717, 1.165) is 21.6 Å². The highest BCUT2D eigenvalue weighted by atomic mass is 32.1. The summed E-state index contributed by atoms with van der Waals surface area (Å²) in [6.45, 7) is 6.12. The molecule has 1 aliphatic rings. The third kappa shape index (κ3) is 2.27. The van der Waals surface area contributed by atoms with Gasteiger partial charge in [0.05, 0.1) is 29.4 Å². The summed E-state index contributed by atoms with van der Waals surface area (Å²) in [6, 6.07) is 0. The molecule has 108 valence electrons. The molecule has 2 aromatic heterocycles. The maximum Gasteiger partial charge on any atom is 0.410 e. The molecule has 1 amide bonds. The van der Waals surface area contributed by atoms with Crippen LogP contribution in [0.15, 0.2) is 5.51 Å². The SMILES string of the molecule is CC(C)(C)OC(=O)N1Cc2[nH]c3ncsc3c2C(O)C1. The minimum absolute atomic E-state index is 0.243. The van der Waals surface area contributed by atoms with Crippen molar-refractivity contribution >= 4 is 27.8 Å². The standard InChI is InChI=1S/C13H17N3O3S/c1-13(2,3)19-12(18)16-4-7-9(8(17)5-16)10-11(15-7)14-6-20-10/h6,8,15,17H,4-5H2,1-3H3. The van der Waals surface area contributed by atoms with E-state index >= 15 is 0 Å². The highest BCUT2D eigenvalue weighted by Gasteiger charge is 2.33. The first-order valence-electron chi connectivity index (χ1n) is 6.45. The Morgan fingerprint density at radius 3 is 3.05 bits per heavy atom. The number of carbonyl (C=O) groups excluding carboxylic acids is 1. The summed E-state index contributed by atoms with van der Waals surface area (Å²) < 4.78 is 6.31. The number of fused-ring (bicyclic) bond motifs is 3. The Balaban J connectivity index is 1.87. The van der Waals surface area contributed by atoms with Crippen molar-refractivity contribution in [3.63, 3.8) is 0 Å². The van der Waals surface area contributed by atoms with Crippen LogP contribution in [0.4, 0.5) is 4.79 Å². The molecule has 0 saturated heterocycles. The fourth-order valence-corrected chi connectivity index (χ4v) is 3.24. The van der Waals surface area contributed by atoms with Gasteiger partial charge in [-0.15, -0.1) is 11.3 Å². The summed E-state index contributed by atoms with van der Waals surface area (Å²) >= 11 is 1.49. The number of rotatable bonds is 0. The van der Waals surface area contributed by atoms with Crippen LogP contribution in [-0.2, 0) is 11.3 Å². The van der Waals surface area contributed by atoms with Crippen LogP contribution in [0.2, 0.25) is 0 Å². The zero-order chi connectivity index (χ0) is 14.5.